The third-order valence-corrected chi connectivity index (χ3v) is 4.85. The van der Waals surface area contributed by atoms with Gasteiger partial charge in [0.15, 0.2) is 0 Å². The van der Waals surface area contributed by atoms with Crippen LogP contribution < -0.4 is 10.2 Å². The van der Waals surface area contributed by atoms with Crippen molar-refractivity contribution in [3.8, 4) is 0 Å². The first kappa shape index (κ1) is 16.5. The smallest absolute Gasteiger partial charge is 0.227 e. The van der Waals surface area contributed by atoms with E-state index >= 15 is 0 Å². The van der Waals surface area contributed by atoms with E-state index in [2.05, 4.69) is 42.3 Å². The predicted octanol–water partition coefficient (Wildman–Crippen LogP) is 2.07. The van der Waals surface area contributed by atoms with Crippen LogP contribution in [0.4, 0.5) is 5.69 Å². The average Bonchev–Trinajstić information content (AvgIpc) is 2.96. The number of carbonyl (C=O) groups excluding carboxylic acids is 1. The third-order valence-electron chi connectivity index (χ3n) is 4.85. The molecule has 1 N–H and O–H groups in total. The van der Waals surface area contributed by atoms with Crippen LogP contribution in [0, 0.1) is 5.92 Å². The molecule has 0 spiro atoms. The number of anilines is 1. The Morgan fingerprint density at radius 3 is 2.74 bits per heavy atom. The zero-order chi connectivity index (χ0) is 16.2. The second-order valence-corrected chi connectivity index (χ2v) is 7.20. The first-order valence-corrected chi connectivity index (χ1v) is 8.98. The minimum atomic E-state index is 0.271. The lowest BCUT2D eigenvalue weighted by atomic mass is 10.1. The summed E-state index contributed by atoms with van der Waals surface area (Å²) < 4.78 is 0. The van der Waals surface area contributed by atoms with Crippen LogP contribution in [-0.4, -0.2) is 50.1 Å². The van der Waals surface area contributed by atoms with E-state index in [1.807, 2.05) is 4.90 Å². The number of carbonyl (C=O) groups is 1. The second-order valence-electron chi connectivity index (χ2n) is 7.20. The van der Waals surface area contributed by atoms with Crippen LogP contribution in [0.3, 0.4) is 0 Å². The Morgan fingerprint density at radius 1 is 1.22 bits per heavy atom. The van der Waals surface area contributed by atoms with E-state index in [1.165, 1.54) is 11.1 Å². The van der Waals surface area contributed by atoms with Crippen molar-refractivity contribution in [1.29, 1.82) is 0 Å². The van der Waals surface area contributed by atoms with Crippen LogP contribution in [0.1, 0.15) is 31.4 Å². The number of piperazine rings is 1. The van der Waals surface area contributed by atoms with Crippen molar-refractivity contribution >= 4 is 11.6 Å². The van der Waals surface area contributed by atoms with Crippen molar-refractivity contribution in [2.75, 3.05) is 44.2 Å². The predicted molar refractivity (Wildman–Crippen MR) is 95.0 cm³/mol. The highest BCUT2D eigenvalue weighted by atomic mass is 16.2. The lowest BCUT2D eigenvalue weighted by Crippen LogP contribution is -2.44. The third kappa shape index (κ3) is 4.12. The van der Waals surface area contributed by atoms with Crippen LogP contribution in [0.25, 0.3) is 0 Å². The molecule has 0 aromatic heterocycles. The maximum absolute atomic E-state index is 12.3. The van der Waals surface area contributed by atoms with Crippen molar-refractivity contribution in [3.63, 3.8) is 0 Å². The van der Waals surface area contributed by atoms with Crippen LogP contribution in [0.15, 0.2) is 18.2 Å². The fourth-order valence-electron chi connectivity index (χ4n) is 3.55. The standard InChI is InChI=1S/C19H29N3O/c1-15(2)13-19(23)22-10-6-17-14-16(3-4-18(17)22)5-9-21-11-7-20-8-12-21/h3-4,14-15,20H,5-13H2,1-2H3. The molecule has 1 saturated heterocycles. The molecule has 1 aromatic rings. The molecule has 0 saturated carbocycles. The van der Waals surface area contributed by atoms with Gasteiger partial charge in [-0.15, -0.1) is 0 Å². The average molecular weight is 315 g/mol. The maximum Gasteiger partial charge on any atom is 0.227 e. The van der Waals surface area contributed by atoms with Gasteiger partial charge in [-0.05, 0) is 36.0 Å². The van der Waals surface area contributed by atoms with Gasteiger partial charge >= 0.3 is 0 Å². The van der Waals surface area contributed by atoms with Gasteiger partial charge in [-0.1, -0.05) is 26.0 Å². The zero-order valence-corrected chi connectivity index (χ0v) is 14.5. The van der Waals surface area contributed by atoms with E-state index in [-0.39, 0.29) is 5.91 Å². The summed E-state index contributed by atoms with van der Waals surface area (Å²) >= 11 is 0. The molecule has 0 aliphatic carbocycles. The number of fused-ring (bicyclic) bond motifs is 1. The van der Waals surface area contributed by atoms with Crippen molar-refractivity contribution < 1.29 is 4.79 Å². The minimum absolute atomic E-state index is 0.271. The van der Waals surface area contributed by atoms with Gasteiger partial charge in [-0.25, -0.2) is 0 Å². The normalized spacial score (nSPS) is 18.5. The van der Waals surface area contributed by atoms with Gasteiger partial charge in [-0.2, -0.15) is 0 Å². The highest BCUT2D eigenvalue weighted by Gasteiger charge is 2.25. The summed E-state index contributed by atoms with van der Waals surface area (Å²) in [5.41, 5.74) is 3.89. The maximum atomic E-state index is 12.3. The molecular formula is C19H29N3O. The molecule has 0 radical (unpaired) electrons. The number of amides is 1. The van der Waals surface area contributed by atoms with E-state index in [0.717, 1.165) is 57.8 Å². The van der Waals surface area contributed by atoms with Gasteiger partial charge in [0.05, 0.1) is 0 Å². The highest BCUT2D eigenvalue weighted by molar-refractivity contribution is 5.95. The summed E-state index contributed by atoms with van der Waals surface area (Å²) in [6.07, 6.45) is 2.75. The fraction of sp³-hybridized carbons (Fsp3) is 0.632. The molecule has 2 heterocycles. The van der Waals surface area contributed by atoms with Crippen molar-refractivity contribution in [3.05, 3.63) is 29.3 Å². The summed E-state index contributed by atoms with van der Waals surface area (Å²) in [6, 6.07) is 6.69. The minimum Gasteiger partial charge on any atom is -0.314 e. The number of rotatable bonds is 5. The molecule has 4 nitrogen and oxygen atoms in total. The molecule has 3 rings (SSSR count). The number of benzene rings is 1. The quantitative estimate of drug-likeness (QED) is 0.903. The molecule has 2 aliphatic rings. The van der Waals surface area contributed by atoms with E-state index in [9.17, 15) is 4.79 Å². The Labute approximate surface area is 139 Å². The Kier molecular flexibility index (Phi) is 5.34. The number of hydrogen-bond donors (Lipinski definition) is 1. The molecule has 1 aromatic carbocycles. The zero-order valence-electron chi connectivity index (χ0n) is 14.5. The summed E-state index contributed by atoms with van der Waals surface area (Å²) in [5, 5.41) is 3.40. The molecule has 2 aliphatic heterocycles. The van der Waals surface area contributed by atoms with Gasteiger partial charge in [0.2, 0.25) is 5.91 Å². The Bertz CT molecular complexity index is 550. The van der Waals surface area contributed by atoms with E-state index in [1.54, 1.807) is 0 Å². The fourth-order valence-corrected chi connectivity index (χ4v) is 3.55. The van der Waals surface area contributed by atoms with Gasteiger partial charge in [0.25, 0.3) is 0 Å². The molecule has 1 amide bonds. The Morgan fingerprint density at radius 2 is 2.00 bits per heavy atom. The molecule has 0 atom stereocenters. The molecular weight excluding hydrogens is 286 g/mol. The largest absolute Gasteiger partial charge is 0.314 e. The van der Waals surface area contributed by atoms with Gasteiger partial charge in [0, 0.05) is 51.4 Å². The molecule has 126 valence electrons. The summed E-state index contributed by atoms with van der Waals surface area (Å²) in [4.78, 5) is 16.9. The Balaban J connectivity index is 1.60. The monoisotopic (exact) mass is 315 g/mol. The highest BCUT2D eigenvalue weighted by Crippen LogP contribution is 2.30. The lowest BCUT2D eigenvalue weighted by Gasteiger charge is -2.27. The summed E-state index contributed by atoms with van der Waals surface area (Å²) in [5.74, 6) is 0.692. The summed E-state index contributed by atoms with van der Waals surface area (Å²) in [6.45, 7) is 10.7. The van der Waals surface area contributed by atoms with E-state index in [4.69, 9.17) is 0 Å². The Hall–Kier alpha value is -1.39. The number of nitrogens with zero attached hydrogens (tertiary/aromatic N) is 2. The molecule has 0 unspecified atom stereocenters. The number of nitrogens with one attached hydrogen (secondary N) is 1. The topological polar surface area (TPSA) is 35.6 Å². The van der Waals surface area contributed by atoms with Gasteiger partial charge in [0.1, 0.15) is 0 Å². The second kappa shape index (κ2) is 7.45. The van der Waals surface area contributed by atoms with Crippen molar-refractivity contribution in [2.24, 2.45) is 5.92 Å². The van der Waals surface area contributed by atoms with Crippen molar-refractivity contribution in [1.82, 2.24) is 10.2 Å². The van der Waals surface area contributed by atoms with E-state index in [0.29, 0.717) is 12.3 Å². The SMILES string of the molecule is CC(C)CC(=O)N1CCc2cc(CCN3CCNCC3)ccc21. The van der Waals surface area contributed by atoms with Crippen LogP contribution in [0.2, 0.25) is 0 Å². The molecule has 4 heteroatoms. The first-order valence-electron chi connectivity index (χ1n) is 8.98. The number of hydrogen-bond acceptors (Lipinski definition) is 3. The van der Waals surface area contributed by atoms with Crippen LogP contribution in [-0.2, 0) is 17.6 Å². The molecule has 0 bridgehead atoms. The van der Waals surface area contributed by atoms with Gasteiger partial charge in [-0.3, -0.25) is 4.79 Å². The molecule has 23 heavy (non-hydrogen) atoms. The van der Waals surface area contributed by atoms with Crippen LogP contribution >= 0.6 is 0 Å². The van der Waals surface area contributed by atoms with Gasteiger partial charge < -0.3 is 15.1 Å². The van der Waals surface area contributed by atoms with Crippen molar-refractivity contribution in [2.45, 2.75) is 33.1 Å². The lowest BCUT2D eigenvalue weighted by molar-refractivity contribution is -0.119. The van der Waals surface area contributed by atoms with Crippen LogP contribution in [0.5, 0.6) is 0 Å². The van der Waals surface area contributed by atoms with E-state index < -0.39 is 0 Å². The first-order chi connectivity index (χ1) is 11.1. The molecule has 1 fully saturated rings. The summed E-state index contributed by atoms with van der Waals surface area (Å²) in [7, 11) is 0.